The third-order valence-electron chi connectivity index (χ3n) is 8.52. The van der Waals surface area contributed by atoms with Gasteiger partial charge in [-0.3, -0.25) is 4.79 Å². The van der Waals surface area contributed by atoms with Crippen LogP contribution in [0.3, 0.4) is 0 Å². The Labute approximate surface area is 201 Å². The van der Waals surface area contributed by atoms with Crippen molar-refractivity contribution in [1.29, 1.82) is 0 Å². The number of hydrogen-bond acceptors (Lipinski definition) is 3. The topological polar surface area (TPSA) is 58.6 Å². The van der Waals surface area contributed by atoms with Gasteiger partial charge in [0, 0.05) is 19.0 Å². The zero-order chi connectivity index (χ0) is 23.4. The van der Waals surface area contributed by atoms with Crippen LogP contribution in [0, 0.1) is 29.6 Å². The van der Waals surface area contributed by atoms with Crippen molar-refractivity contribution in [3.8, 4) is 11.1 Å². The molecule has 2 aromatic rings. The van der Waals surface area contributed by atoms with Crippen LogP contribution >= 0.6 is 0 Å². The van der Waals surface area contributed by atoms with Gasteiger partial charge in [0.15, 0.2) is 0 Å². The lowest BCUT2D eigenvalue weighted by atomic mass is 9.86. The molecule has 0 radical (unpaired) electrons. The average molecular weight is 457 g/mol. The number of amides is 2. The highest BCUT2D eigenvalue weighted by Gasteiger charge is 2.50. The van der Waals surface area contributed by atoms with Crippen molar-refractivity contribution in [2.24, 2.45) is 29.6 Å². The van der Waals surface area contributed by atoms with Crippen molar-refractivity contribution in [3.63, 3.8) is 0 Å². The molecule has 0 unspecified atom stereocenters. The Balaban J connectivity index is 1.11. The SMILES string of the molecule is CC(C)[C@H](NC(=O)OCC1c2ccccc2-c2ccccc21)C(=O)N1C[C@@H]2[C@H](C1)[C@@H]1C=C[C@H]2C1. The first-order chi connectivity index (χ1) is 16.5. The molecule has 0 aromatic heterocycles. The molecule has 1 heterocycles. The van der Waals surface area contributed by atoms with Crippen LogP contribution in [0.5, 0.6) is 0 Å². The van der Waals surface area contributed by atoms with E-state index < -0.39 is 12.1 Å². The fraction of sp³-hybridized carbons (Fsp3) is 0.448. The summed E-state index contributed by atoms with van der Waals surface area (Å²) in [7, 11) is 0. The van der Waals surface area contributed by atoms with Crippen molar-refractivity contribution in [2.75, 3.05) is 19.7 Å². The highest BCUT2D eigenvalue weighted by Crippen LogP contribution is 2.51. The first-order valence-corrected chi connectivity index (χ1v) is 12.6. The highest BCUT2D eigenvalue weighted by molar-refractivity contribution is 5.86. The molecule has 1 aliphatic heterocycles. The molecule has 6 rings (SSSR count). The first kappa shape index (κ1) is 21.5. The lowest BCUT2D eigenvalue weighted by molar-refractivity contribution is -0.133. The zero-order valence-corrected chi connectivity index (χ0v) is 19.8. The van der Waals surface area contributed by atoms with E-state index in [4.69, 9.17) is 4.74 Å². The molecule has 1 saturated heterocycles. The third kappa shape index (κ3) is 3.44. The number of alkyl carbamates (subject to hydrolysis) is 1. The normalized spacial score (nSPS) is 27.0. The summed E-state index contributed by atoms with van der Waals surface area (Å²) in [6.45, 7) is 5.83. The number of hydrogen-bond donors (Lipinski definition) is 1. The third-order valence-corrected chi connectivity index (χ3v) is 8.52. The first-order valence-electron chi connectivity index (χ1n) is 12.6. The van der Waals surface area contributed by atoms with Gasteiger partial charge < -0.3 is 15.0 Å². The van der Waals surface area contributed by atoms with E-state index in [0.717, 1.165) is 13.1 Å². The largest absolute Gasteiger partial charge is 0.449 e. The zero-order valence-electron chi connectivity index (χ0n) is 19.8. The van der Waals surface area contributed by atoms with Gasteiger partial charge >= 0.3 is 6.09 Å². The Hall–Kier alpha value is -3.08. The Morgan fingerprint density at radius 1 is 0.941 bits per heavy atom. The minimum Gasteiger partial charge on any atom is -0.449 e. The molecule has 5 atom stereocenters. The maximum absolute atomic E-state index is 13.4. The van der Waals surface area contributed by atoms with Gasteiger partial charge in [-0.2, -0.15) is 0 Å². The number of benzene rings is 2. The van der Waals surface area contributed by atoms with Crippen LogP contribution in [-0.2, 0) is 9.53 Å². The summed E-state index contributed by atoms with van der Waals surface area (Å²) in [5.41, 5.74) is 4.76. The second-order valence-electron chi connectivity index (χ2n) is 10.7. The van der Waals surface area contributed by atoms with Gasteiger partial charge in [0.25, 0.3) is 0 Å². The number of nitrogens with zero attached hydrogens (tertiary/aromatic N) is 1. The minimum absolute atomic E-state index is 0.00674. The summed E-state index contributed by atoms with van der Waals surface area (Å²) in [6, 6.07) is 16.0. The summed E-state index contributed by atoms with van der Waals surface area (Å²) in [5.74, 6) is 2.44. The molecular weight excluding hydrogens is 424 g/mol. The van der Waals surface area contributed by atoms with Crippen LogP contribution in [0.4, 0.5) is 4.79 Å². The fourth-order valence-electron chi connectivity index (χ4n) is 6.81. The Morgan fingerprint density at radius 2 is 1.50 bits per heavy atom. The number of allylic oxidation sites excluding steroid dienone is 2. The van der Waals surface area contributed by atoms with Crippen molar-refractivity contribution >= 4 is 12.0 Å². The number of fused-ring (bicyclic) bond motifs is 8. The van der Waals surface area contributed by atoms with Crippen LogP contribution in [0.25, 0.3) is 11.1 Å². The van der Waals surface area contributed by atoms with Gasteiger partial charge in [-0.1, -0.05) is 74.5 Å². The molecule has 5 nitrogen and oxygen atoms in total. The van der Waals surface area contributed by atoms with Gasteiger partial charge in [0.05, 0.1) is 0 Å². The van der Waals surface area contributed by atoms with Crippen molar-refractivity contribution < 1.29 is 14.3 Å². The predicted molar refractivity (Wildman–Crippen MR) is 131 cm³/mol. The summed E-state index contributed by atoms with van der Waals surface area (Å²) in [4.78, 5) is 28.2. The van der Waals surface area contributed by atoms with E-state index in [-0.39, 0.29) is 24.3 Å². The lowest BCUT2D eigenvalue weighted by Crippen LogP contribution is -2.51. The molecule has 34 heavy (non-hydrogen) atoms. The number of carbonyl (C=O) groups excluding carboxylic acids is 2. The van der Waals surface area contributed by atoms with Crippen LogP contribution in [0.2, 0.25) is 0 Å². The van der Waals surface area contributed by atoms with Gasteiger partial charge in [-0.25, -0.2) is 4.79 Å². The highest BCUT2D eigenvalue weighted by atomic mass is 16.5. The molecule has 1 saturated carbocycles. The van der Waals surface area contributed by atoms with Crippen molar-refractivity contribution in [1.82, 2.24) is 10.2 Å². The Kier molecular flexibility index (Phi) is 5.23. The predicted octanol–water partition coefficient (Wildman–Crippen LogP) is 4.83. The molecule has 1 N–H and O–H groups in total. The van der Waals surface area contributed by atoms with E-state index in [2.05, 4.69) is 41.7 Å². The summed E-state index contributed by atoms with van der Waals surface area (Å²) in [5, 5.41) is 2.90. The van der Waals surface area contributed by atoms with E-state index in [1.165, 1.54) is 28.7 Å². The number of ether oxygens (including phenoxy) is 1. The number of rotatable bonds is 5. The van der Waals surface area contributed by atoms with E-state index in [0.29, 0.717) is 23.7 Å². The molecule has 3 aliphatic carbocycles. The monoisotopic (exact) mass is 456 g/mol. The average Bonchev–Trinajstić information content (AvgIpc) is 3.61. The van der Waals surface area contributed by atoms with E-state index in [1.807, 2.05) is 43.0 Å². The second kappa shape index (κ2) is 8.30. The minimum atomic E-state index is -0.569. The smallest absolute Gasteiger partial charge is 0.407 e. The molecule has 0 spiro atoms. The molecule has 2 bridgehead atoms. The van der Waals surface area contributed by atoms with Crippen molar-refractivity contribution in [2.45, 2.75) is 32.2 Å². The number of carbonyl (C=O) groups is 2. The van der Waals surface area contributed by atoms with Crippen LogP contribution in [0.1, 0.15) is 37.3 Å². The molecule has 2 aromatic carbocycles. The molecule has 2 amide bonds. The number of likely N-dealkylation sites (tertiary alicyclic amines) is 1. The van der Waals surface area contributed by atoms with Gasteiger partial charge in [0.2, 0.25) is 5.91 Å². The molecular formula is C29H32N2O3. The summed E-state index contributed by atoms with van der Waals surface area (Å²) < 4.78 is 5.72. The summed E-state index contributed by atoms with van der Waals surface area (Å²) in [6.07, 6.45) is 5.42. The van der Waals surface area contributed by atoms with Crippen LogP contribution in [-0.4, -0.2) is 42.6 Å². The quantitative estimate of drug-likeness (QED) is 0.656. The van der Waals surface area contributed by atoms with E-state index >= 15 is 0 Å². The summed E-state index contributed by atoms with van der Waals surface area (Å²) >= 11 is 0. The van der Waals surface area contributed by atoms with Gasteiger partial charge in [0.1, 0.15) is 12.6 Å². The molecule has 4 aliphatic rings. The van der Waals surface area contributed by atoms with Crippen molar-refractivity contribution in [3.05, 3.63) is 71.8 Å². The Bertz CT molecular complexity index is 1090. The standard InChI is InChI=1S/C29H32N2O3/c1-17(2)27(28(32)31-14-24-18-11-12-19(13-18)25(24)15-31)30-29(33)34-16-26-22-9-5-3-7-20(22)21-8-4-6-10-23(21)26/h3-12,17-19,24-27H,13-16H2,1-2H3,(H,30,33)/t18-,19+,24-,25+,27-/m0/s1. The second-order valence-corrected chi connectivity index (χ2v) is 10.7. The van der Waals surface area contributed by atoms with Crippen LogP contribution < -0.4 is 5.32 Å². The van der Waals surface area contributed by atoms with Crippen LogP contribution in [0.15, 0.2) is 60.7 Å². The molecule has 176 valence electrons. The Morgan fingerprint density at radius 3 is 2.06 bits per heavy atom. The maximum atomic E-state index is 13.4. The lowest BCUT2D eigenvalue weighted by Gasteiger charge is -2.27. The van der Waals surface area contributed by atoms with Gasteiger partial charge in [-0.15, -0.1) is 0 Å². The fourth-order valence-corrected chi connectivity index (χ4v) is 6.81. The molecule has 2 fully saturated rings. The number of nitrogens with one attached hydrogen (secondary N) is 1. The molecule has 5 heteroatoms. The van der Waals surface area contributed by atoms with E-state index in [1.54, 1.807) is 0 Å². The van der Waals surface area contributed by atoms with Gasteiger partial charge in [-0.05, 0) is 58.3 Å². The van der Waals surface area contributed by atoms with E-state index in [9.17, 15) is 9.59 Å². The maximum Gasteiger partial charge on any atom is 0.407 e.